The summed E-state index contributed by atoms with van der Waals surface area (Å²) in [5.41, 5.74) is 2.41. The second-order valence-corrected chi connectivity index (χ2v) is 11.0. The lowest BCUT2D eigenvalue weighted by Gasteiger charge is -2.39. The molecule has 1 N–H and O–H groups in total. The van der Waals surface area contributed by atoms with E-state index in [1.54, 1.807) is 24.8 Å². The Kier molecular flexibility index (Phi) is 6.93. The zero-order valence-electron chi connectivity index (χ0n) is 20.8. The Morgan fingerprint density at radius 3 is 2.57 bits per heavy atom. The van der Waals surface area contributed by atoms with Gasteiger partial charge in [0.2, 0.25) is 5.91 Å². The zero-order chi connectivity index (χ0) is 24.4. The molecule has 2 aromatic heterocycles. The van der Waals surface area contributed by atoms with Crippen LogP contribution in [-0.4, -0.2) is 55.8 Å². The smallest absolute Gasteiger partial charge is 0.223 e. The number of fused-ring (bicyclic) bond motifs is 1. The fourth-order valence-corrected chi connectivity index (χ4v) is 6.42. The monoisotopic (exact) mass is 494 g/mol. The van der Waals surface area contributed by atoms with E-state index in [0.717, 1.165) is 68.4 Å². The van der Waals surface area contributed by atoms with Crippen molar-refractivity contribution in [2.75, 3.05) is 44.9 Å². The van der Waals surface area contributed by atoms with E-state index >= 15 is 0 Å². The van der Waals surface area contributed by atoms with Crippen molar-refractivity contribution in [1.82, 2.24) is 15.3 Å². The van der Waals surface area contributed by atoms with E-state index in [2.05, 4.69) is 46.2 Å². The summed E-state index contributed by atoms with van der Waals surface area (Å²) in [5.74, 6) is 2.05. The molecule has 8 heteroatoms. The predicted molar refractivity (Wildman–Crippen MR) is 140 cm³/mol. The third-order valence-electron chi connectivity index (χ3n) is 7.86. The van der Waals surface area contributed by atoms with Gasteiger partial charge in [-0.2, -0.15) is 0 Å². The molecule has 0 radical (unpaired) electrons. The van der Waals surface area contributed by atoms with Gasteiger partial charge in [-0.1, -0.05) is 12.1 Å². The topological polar surface area (TPSA) is 76.6 Å². The van der Waals surface area contributed by atoms with Crippen molar-refractivity contribution < 1.29 is 14.3 Å². The van der Waals surface area contributed by atoms with Gasteiger partial charge in [0.1, 0.15) is 22.7 Å². The first-order valence-electron chi connectivity index (χ1n) is 12.5. The minimum Gasteiger partial charge on any atom is -0.497 e. The Bertz CT molecular complexity index is 1180. The highest BCUT2D eigenvalue weighted by Gasteiger charge is 2.36. The maximum atomic E-state index is 13.2. The van der Waals surface area contributed by atoms with Crippen LogP contribution in [-0.2, 0) is 14.9 Å². The molecule has 0 bridgehead atoms. The molecular formula is C27H34N4O3S. The Balaban J connectivity index is 1.23. The highest BCUT2D eigenvalue weighted by molar-refractivity contribution is 7.18. The molecule has 186 valence electrons. The number of thiophene rings is 1. The molecule has 4 heterocycles. The van der Waals surface area contributed by atoms with Crippen molar-refractivity contribution >= 4 is 33.3 Å². The highest BCUT2D eigenvalue weighted by Crippen LogP contribution is 2.37. The summed E-state index contributed by atoms with van der Waals surface area (Å²) in [4.78, 5) is 27.0. The molecular weight excluding hydrogens is 460 g/mol. The fourth-order valence-electron chi connectivity index (χ4n) is 5.43. The van der Waals surface area contributed by atoms with Crippen molar-refractivity contribution in [3.8, 4) is 5.75 Å². The van der Waals surface area contributed by atoms with Gasteiger partial charge in [-0.3, -0.25) is 4.79 Å². The number of aryl methyl sites for hydroxylation is 2. The summed E-state index contributed by atoms with van der Waals surface area (Å²) < 4.78 is 11.0. The summed E-state index contributed by atoms with van der Waals surface area (Å²) in [6.07, 6.45) is 5.14. The Morgan fingerprint density at radius 1 is 1.17 bits per heavy atom. The Labute approximate surface area is 210 Å². The molecule has 1 amide bonds. The van der Waals surface area contributed by atoms with Crippen LogP contribution in [0.1, 0.15) is 41.7 Å². The predicted octanol–water partition coefficient (Wildman–Crippen LogP) is 4.40. The fraction of sp³-hybridized carbons (Fsp3) is 0.519. The Morgan fingerprint density at radius 2 is 1.89 bits per heavy atom. The van der Waals surface area contributed by atoms with Crippen LogP contribution < -0.4 is 15.0 Å². The number of aromatic nitrogens is 2. The standard InChI is InChI=1S/C27H34N4O3S/c1-18-19(2)35-26-23(18)24(29-17-30-26)31-12-8-20(9-13-31)25(32)28-16-27(10-14-34-15-11-27)21-4-6-22(33-3)7-5-21/h4-7,17,20H,8-16H2,1-3H3,(H,28,32). The number of nitrogens with one attached hydrogen (secondary N) is 1. The van der Waals surface area contributed by atoms with Crippen molar-refractivity contribution in [2.24, 2.45) is 5.92 Å². The maximum Gasteiger partial charge on any atom is 0.223 e. The highest BCUT2D eigenvalue weighted by atomic mass is 32.1. The van der Waals surface area contributed by atoms with Gasteiger partial charge in [0.05, 0.1) is 12.5 Å². The number of carbonyl (C=O) groups excluding carboxylic acids is 1. The van der Waals surface area contributed by atoms with Crippen LogP contribution in [0.25, 0.3) is 10.2 Å². The second-order valence-electron chi connectivity index (χ2n) is 9.76. The van der Waals surface area contributed by atoms with Crippen molar-refractivity contribution in [1.29, 1.82) is 0 Å². The van der Waals surface area contributed by atoms with E-state index in [1.165, 1.54) is 21.4 Å². The maximum absolute atomic E-state index is 13.2. The molecule has 2 aliphatic heterocycles. The summed E-state index contributed by atoms with van der Waals surface area (Å²) in [5, 5.41) is 4.48. The van der Waals surface area contributed by atoms with Crippen molar-refractivity contribution in [2.45, 2.75) is 44.9 Å². The van der Waals surface area contributed by atoms with Gasteiger partial charge in [0, 0.05) is 49.1 Å². The van der Waals surface area contributed by atoms with Gasteiger partial charge in [-0.25, -0.2) is 9.97 Å². The molecule has 0 aliphatic carbocycles. The first kappa shape index (κ1) is 24.0. The second kappa shape index (κ2) is 10.1. The van der Waals surface area contributed by atoms with Crippen molar-refractivity contribution in [3.63, 3.8) is 0 Å². The molecule has 1 aromatic carbocycles. The molecule has 7 nitrogen and oxygen atoms in total. The van der Waals surface area contributed by atoms with E-state index in [0.29, 0.717) is 6.54 Å². The first-order valence-corrected chi connectivity index (χ1v) is 13.3. The number of piperidine rings is 1. The largest absolute Gasteiger partial charge is 0.497 e. The van der Waals surface area contributed by atoms with E-state index in [1.807, 2.05) is 12.1 Å². The molecule has 0 unspecified atom stereocenters. The molecule has 3 aromatic rings. The van der Waals surface area contributed by atoms with Gasteiger partial charge in [0.15, 0.2) is 0 Å². The normalized spacial score (nSPS) is 18.5. The van der Waals surface area contributed by atoms with Crippen LogP contribution in [0.4, 0.5) is 5.82 Å². The van der Waals surface area contributed by atoms with E-state index in [9.17, 15) is 4.79 Å². The van der Waals surface area contributed by atoms with Gasteiger partial charge >= 0.3 is 0 Å². The number of methoxy groups -OCH3 is 1. The number of amides is 1. The summed E-state index contributed by atoms with van der Waals surface area (Å²) >= 11 is 1.72. The third kappa shape index (κ3) is 4.74. The molecule has 2 aliphatic rings. The summed E-state index contributed by atoms with van der Waals surface area (Å²) in [6, 6.07) is 8.27. The number of rotatable bonds is 6. The average molecular weight is 495 g/mol. The van der Waals surface area contributed by atoms with E-state index in [4.69, 9.17) is 9.47 Å². The number of ether oxygens (including phenoxy) is 2. The van der Waals surface area contributed by atoms with Gasteiger partial charge in [-0.05, 0) is 62.8 Å². The van der Waals surface area contributed by atoms with Crippen LogP contribution in [0.5, 0.6) is 5.75 Å². The molecule has 0 atom stereocenters. The quantitative estimate of drug-likeness (QED) is 0.548. The van der Waals surface area contributed by atoms with Crippen LogP contribution in [0.2, 0.25) is 0 Å². The lowest BCUT2D eigenvalue weighted by molar-refractivity contribution is -0.126. The lowest BCUT2D eigenvalue weighted by Crippen LogP contribution is -2.47. The number of nitrogens with zero attached hydrogens (tertiary/aromatic N) is 3. The minimum absolute atomic E-state index is 0.0293. The molecule has 2 fully saturated rings. The molecule has 0 spiro atoms. The summed E-state index contributed by atoms with van der Waals surface area (Å²) in [7, 11) is 1.68. The average Bonchev–Trinajstić information content (AvgIpc) is 3.21. The van der Waals surface area contributed by atoms with Crippen LogP contribution in [0, 0.1) is 19.8 Å². The lowest BCUT2D eigenvalue weighted by atomic mass is 9.74. The summed E-state index contributed by atoms with van der Waals surface area (Å²) in [6.45, 7) is 8.02. The molecule has 35 heavy (non-hydrogen) atoms. The van der Waals surface area contributed by atoms with Crippen LogP contribution in [0.15, 0.2) is 30.6 Å². The zero-order valence-corrected chi connectivity index (χ0v) is 21.6. The van der Waals surface area contributed by atoms with Crippen molar-refractivity contribution in [3.05, 3.63) is 46.6 Å². The Hall–Kier alpha value is -2.71. The minimum atomic E-state index is -0.0955. The van der Waals surface area contributed by atoms with E-state index < -0.39 is 0 Å². The third-order valence-corrected chi connectivity index (χ3v) is 8.98. The number of hydrogen-bond acceptors (Lipinski definition) is 7. The van der Waals surface area contributed by atoms with E-state index in [-0.39, 0.29) is 17.2 Å². The number of anilines is 1. The number of benzene rings is 1. The number of hydrogen-bond donors (Lipinski definition) is 1. The van der Waals surface area contributed by atoms with Crippen LogP contribution in [0.3, 0.4) is 0 Å². The molecule has 5 rings (SSSR count). The first-order chi connectivity index (χ1) is 17.0. The molecule has 2 saturated heterocycles. The van der Waals surface area contributed by atoms with Gasteiger partial charge in [-0.15, -0.1) is 11.3 Å². The SMILES string of the molecule is COc1ccc(C2(CNC(=O)C3CCN(c4ncnc5sc(C)c(C)c45)CC3)CCOCC2)cc1. The van der Waals surface area contributed by atoms with Crippen LogP contribution >= 0.6 is 11.3 Å². The van der Waals surface area contributed by atoms with Gasteiger partial charge in [0.25, 0.3) is 0 Å². The van der Waals surface area contributed by atoms with Gasteiger partial charge < -0.3 is 19.7 Å². The molecule has 0 saturated carbocycles. The number of carbonyl (C=O) groups is 1.